The molecule has 0 radical (unpaired) electrons. The number of hydrogen-bond donors (Lipinski definition) is 2. The van der Waals surface area contributed by atoms with Gasteiger partial charge in [-0.2, -0.15) is 5.10 Å². The Hall–Kier alpha value is -3.07. The minimum atomic E-state index is 0.396. The van der Waals surface area contributed by atoms with Crippen LogP contribution in [0.15, 0.2) is 85.1 Å². The van der Waals surface area contributed by atoms with Crippen molar-refractivity contribution in [2.45, 2.75) is 12.3 Å². The fraction of sp³-hybridized carbons (Fsp3) is 0.136. The first kappa shape index (κ1) is 15.5. The number of benzene rings is 3. The van der Waals surface area contributed by atoms with Crippen LogP contribution >= 0.6 is 0 Å². The molecule has 0 aliphatic heterocycles. The minimum absolute atomic E-state index is 0.396. The molecule has 0 saturated carbocycles. The van der Waals surface area contributed by atoms with E-state index in [-0.39, 0.29) is 0 Å². The predicted octanol–water partition coefficient (Wildman–Crippen LogP) is 5.20. The van der Waals surface area contributed by atoms with Crippen molar-refractivity contribution in [3.05, 3.63) is 96.2 Å². The van der Waals surface area contributed by atoms with Crippen molar-refractivity contribution < 1.29 is 0 Å². The molecule has 3 nitrogen and oxygen atoms in total. The molecule has 3 aromatic carbocycles. The molecule has 0 unspecified atom stereocenters. The van der Waals surface area contributed by atoms with E-state index < -0.39 is 0 Å². The van der Waals surface area contributed by atoms with Crippen LogP contribution in [0.2, 0.25) is 0 Å². The molecule has 1 heterocycles. The summed E-state index contributed by atoms with van der Waals surface area (Å²) in [6.45, 7) is 0.914. The molecule has 25 heavy (non-hydrogen) atoms. The highest BCUT2D eigenvalue weighted by Crippen LogP contribution is 2.28. The second-order valence-corrected chi connectivity index (χ2v) is 6.26. The van der Waals surface area contributed by atoms with E-state index in [1.807, 2.05) is 6.20 Å². The largest absolute Gasteiger partial charge is 0.385 e. The summed E-state index contributed by atoms with van der Waals surface area (Å²) in [4.78, 5) is 0. The Morgan fingerprint density at radius 2 is 1.52 bits per heavy atom. The molecule has 0 saturated heterocycles. The Kier molecular flexibility index (Phi) is 4.46. The molecule has 4 aromatic rings. The molecular formula is C22H21N3. The quantitative estimate of drug-likeness (QED) is 0.511. The summed E-state index contributed by atoms with van der Waals surface area (Å²) in [5.41, 5.74) is 4.92. The van der Waals surface area contributed by atoms with Crippen LogP contribution in [0.3, 0.4) is 0 Å². The number of aromatic amines is 1. The van der Waals surface area contributed by atoms with Crippen LogP contribution in [0, 0.1) is 0 Å². The lowest BCUT2D eigenvalue weighted by Gasteiger charge is -2.19. The monoisotopic (exact) mass is 327 g/mol. The predicted molar refractivity (Wildman–Crippen MR) is 104 cm³/mol. The minimum Gasteiger partial charge on any atom is -0.385 e. The SMILES string of the molecule is c1ccc(C(CCNc2ccc3[nH]ncc3c2)c2ccccc2)cc1. The Morgan fingerprint density at radius 1 is 0.840 bits per heavy atom. The highest BCUT2D eigenvalue weighted by atomic mass is 15.1. The number of rotatable bonds is 6. The number of aromatic nitrogens is 2. The molecular weight excluding hydrogens is 306 g/mol. The first-order chi connectivity index (χ1) is 12.4. The molecule has 0 atom stereocenters. The number of anilines is 1. The molecule has 124 valence electrons. The van der Waals surface area contributed by atoms with Gasteiger partial charge in [-0.1, -0.05) is 60.7 Å². The maximum atomic E-state index is 4.08. The van der Waals surface area contributed by atoms with E-state index in [2.05, 4.69) is 94.4 Å². The second-order valence-electron chi connectivity index (χ2n) is 6.26. The topological polar surface area (TPSA) is 40.7 Å². The van der Waals surface area contributed by atoms with Crippen molar-refractivity contribution in [1.82, 2.24) is 10.2 Å². The molecule has 0 amide bonds. The van der Waals surface area contributed by atoms with Crippen LogP contribution in [-0.4, -0.2) is 16.7 Å². The van der Waals surface area contributed by atoms with Crippen LogP contribution in [-0.2, 0) is 0 Å². The lowest BCUT2D eigenvalue weighted by molar-refractivity contribution is 0.745. The van der Waals surface area contributed by atoms with Crippen molar-refractivity contribution in [1.29, 1.82) is 0 Å². The summed E-state index contributed by atoms with van der Waals surface area (Å²) in [6, 6.07) is 27.8. The van der Waals surface area contributed by atoms with E-state index in [1.165, 1.54) is 11.1 Å². The van der Waals surface area contributed by atoms with Crippen molar-refractivity contribution in [3.63, 3.8) is 0 Å². The van der Waals surface area contributed by atoms with Gasteiger partial charge in [0.25, 0.3) is 0 Å². The Bertz CT molecular complexity index is 890. The molecule has 0 fully saturated rings. The van der Waals surface area contributed by atoms with E-state index in [4.69, 9.17) is 0 Å². The van der Waals surface area contributed by atoms with Gasteiger partial charge in [-0.25, -0.2) is 0 Å². The van der Waals surface area contributed by atoms with Gasteiger partial charge in [0.1, 0.15) is 0 Å². The number of H-pyrrole nitrogens is 1. The van der Waals surface area contributed by atoms with Gasteiger partial charge in [-0.15, -0.1) is 0 Å². The van der Waals surface area contributed by atoms with Gasteiger partial charge in [0.05, 0.1) is 11.7 Å². The first-order valence-electron chi connectivity index (χ1n) is 8.67. The van der Waals surface area contributed by atoms with Gasteiger partial charge in [-0.05, 0) is 35.7 Å². The average molecular weight is 327 g/mol. The van der Waals surface area contributed by atoms with Crippen molar-refractivity contribution >= 4 is 16.6 Å². The third kappa shape index (κ3) is 3.56. The number of hydrogen-bond acceptors (Lipinski definition) is 2. The molecule has 0 aliphatic rings. The molecule has 3 heteroatoms. The van der Waals surface area contributed by atoms with Crippen molar-refractivity contribution in [2.24, 2.45) is 0 Å². The van der Waals surface area contributed by atoms with Gasteiger partial charge in [0.15, 0.2) is 0 Å². The zero-order chi connectivity index (χ0) is 16.9. The number of nitrogens with one attached hydrogen (secondary N) is 2. The van der Waals surface area contributed by atoms with E-state index in [0.717, 1.165) is 29.6 Å². The van der Waals surface area contributed by atoms with E-state index >= 15 is 0 Å². The summed E-state index contributed by atoms with van der Waals surface area (Å²) >= 11 is 0. The summed E-state index contributed by atoms with van der Waals surface area (Å²) in [6.07, 6.45) is 2.90. The van der Waals surface area contributed by atoms with Crippen LogP contribution in [0.1, 0.15) is 23.5 Å². The Labute approximate surface area is 147 Å². The van der Waals surface area contributed by atoms with Gasteiger partial charge < -0.3 is 5.32 Å². The normalized spacial score (nSPS) is 11.1. The van der Waals surface area contributed by atoms with Crippen LogP contribution in [0.25, 0.3) is 10.9 Å². The highest BCUT2D eigenvalue weighted by Gasteiger charge is 2.13. The molecule has 1 aromatic heterocycles. The first-order valence-corrected chi connectivity index (χ1v) is 8.67. The third-order valence-corrected chi connectivity index (χ3v) is 4.61. The van der Waals surface area contributed by atoms with E-state index in [9.17, 15) is 0 Å². The average Bonchev–Trinajstić information content (AvgIpc) is 3.14. The summed E-state index contributed by atoms with van der Waals surface area (Å²) in [7, 11) is 0. The van der Waals surface area contributed by atoms with Gasteiger partial charge in [0, 0.05) is 23.5 Å². The van der Waals surface area contributed by atoms with Crippen LogP contribution < -0.4 is 5.32 Å². The zero-order valence-corrected chi connectivity index (χ0v) is 14.0. The second kappa shape index (κ2) is 7.22. The fourth-order valence-electron chi connectivity index (χ4n) is 3.31. The number of fused-ring (bicyclic) bond motifs is 1. The summed E-state index contributed by atoms with van der Waals surface area (Å²) < 4.78 is 0. The fourth-order valence-corrected chi connectivity index (χ4v) is 3.31. The molecule has 0 bridgehead atoms. The van der Waals surface area contributed by atoms with Gasteiger partial charge in [-0.3, -0.25) is 5.10 Å². The number of nitrogens with zero attached hydrogens (tertiary/aromatic N) is 1. The third-order valence-electron chi connectivity index (χ3n) is 4.61. The molecule has 4 rings (SSSR count). The molecule has 2 N–H and O–H groups in total. The molecule has 0 spiro atoms. The van der Waals surface area contributed by atoms with Crippen molar-refractivity contribution in [2.75, 3.05) is 11.9 Å². The van der Waals surface area contributed by atoms with Crippen LogP contribution in [0.4, 0.5) is 5.69 Å². The summed E-state index contributed by atoms with van der Waals surface area (Å²) in [5, 5.41) is 11.8. The van der Waals surface area contributed by atoms with Crippen LogP contribution in [0.5, 0.6) is 0 Å². The lowest BCUT2D eigenvalue weighted by atomic mass is 9.88. The van der Waals surface area contributed by atoms with Gasteiger partial charge in [0.2, 0.25) is 0 Å². The maximum Gasteiger partial charge on any atom is 0.0651 e. The highest BCUT2D eigenvalue weighted by molar-refractivity contribution is 5.81. The molecule has 0 aliphatic carbocycles. The smallest absolute Gasteiger partial charge is 0.0651 e. The maximum absolute atomic E-state index is 4.08. The van der Waals surface area contributed by atoms with Crippen molar-refractivity contribution in [3.8, 4) is 0 Å². The standard InChI is InChI=1S/C22H21N3/c1-3-7-17(8-4-1)21(18-9-5-2-6-10-18)13-14-23-20-11-12-22-19(15-20)16-24-25-22/h1-12,15-16,21,23H,13-14H2,(H,24,25). The summed E-state index contributed by atoms with van der Waals surface area (Å²) in [5.74, 6) is 0.396. The lowest BCUT2D eigenvalue weighted by Crippen LogP contribution is -2.09. The van der Waals surface area contributed by atoms with E-state index in [1.54, 1.807) is 0 Å². The van der Waals surface area contributed by atoms with E-state index in [0.29, 0.717) is 5.92 Å². The zero-order valence-electron chi connectivity index (χ0n) is 14.0. The van der Waals surface area contributed by atoms with Gasteiger partial charge >= 0.3 is 0 Å². The Morgan fingerprint density at radius 3 is 2.20 bits per heavy atom. The Balaban J connectivity index is 1.49.